The number of amides is 1. The number of aliphatic hydroxyl groups is 1. The van der Waals surface area contributed by atoms with E-state index in [-0.39, 0.29) is 18.6 Å². The molecular weight excluding hydrogens is 418 g/mol. The van der Waals surface area contributed by atoms with Crippen molar-refractivity contribution in [2.45, 2.75) is 46.6 Å². The summed E-state index contributed by atoms with van der Waals surface area (Å²) >= 11 is 6.21. The zero-order chi connectivity index (χ0) is 22.7. The lowest BCUT2D eigenvalue weighted by Gasteiger charge is -2.34. The number of H-pyrrole nitrogens is 1. The number of anilines is 2. The van der Waals surface area contributed by atoms with E-state index in [0.29, 0.717) is 39.1 Å². The number of esters is 1. The van der Waals surface area contributed by atoms with Gasteiger partial charge in [-0.15, -0.1) is 0 Å². The molecule has 0 bridgehead atoms. The first-order chi connectivity index (χ1) is 14.7. The second kappa shape index (κ2) is 9.75. The summed E-state index contributed by atoms with van der Waals surface area (Å²) in [4.78, 5) is 30.8. The molecule has 1 fully saturated rings. The van der Waals surface area contributed by atoms with Gasteiger partial charge in [0.15, 0.2) is 0 Å². The largest absolute Gasteiger partial charge is 0.459 e. The molecule has 7 nitrogen and oxygen atoms in total. The van der Waals surface area contributed by atoms with Crippen molar-refractivity contribution in [3.8, 4) is 0 Å². The summed E-state index contributed by atoms with van der Waals surface area (Å²) in [5.41, 5.74) is 3.33. The lowest BCUT2D eigenvalue weighted by Crippen LogP contribution is -2.35. The molecule has 1 aromatic heterocycles. The number of halogens is 1. The van der Waals surface area contributed by atoms with Crippen molar-refractivity contribution in [2.24, 2.45) is 5.92 Å². The van der Waals surface area contributed by atoms with Crippen molar-refractivity contribution in [1.82, 2.24) is 4.98 Å². The van der Waals surface area contributed by atoms with Crippen LogP contribution in [0.1, 0.15) is 58.8 Å². The van der Waals surface area contributed by atoms with Gasteiger partial charge in [0.05, 0.1) is 23.0 Å². The molecule has 0 radical (unpaired) electrons. The van der Waals surface area contributed by atoms with E-state index in [1.54, 1.807) is 39.8 Å². The number of hydrogen-bond donors (Lipinski definition) is 3. The van der Waals surface area contributed by atoms with Gasteiger partial charge in [0.25, 0.3) is 5.91 Å². The average Bonchev–Trinajstić information content (AvgIpc) is 3.02. The number of nitrogens with one attached hydrogen (secondary N) is 2. The van der Waals surface area contributed by atoms with E-state index in [1.165, 1.54) is 0 Å². The van der Waals surface area contributed by atoms with Crippen LogP contribution in [0, 0.1) is 19.8 Å². The van der Waals surface area contributed by atoms with E-state index in [0.717, 1.165) is 31.6 Å². The quantitative estimate of drug-likeness (QED) is 0.573. The molecule has 0 spiro atoms. The maximum absolute atomic E-state index is 13.1. The summed E-state index contributed by atoms with van der Waals surface area (Å²) < 4.78 is 5.31. The third-order valence-electron chi connectivity index (χ3n) is 5.63. The van der Waals surface area contributed by atoms with Crippen LogP contribution in [0.25, 0.3) is 0 Å². The molecule has 1 aliphatic heterocycles. The van der Waals surface area contributed by atoms with Crippen molar-refractivity contribution >= 4 is 34.9 Å². The third kappa shape index (κ3) is 5.22. The molecule has 2 aromatic rings. The molecule has 1 aliphatic rings. The van der Waals surface area contributed by atoms with Crippen molar-refractivity contribution in [3.05, 3.63) is 45.7 Å². The standard InChI is InChI=1S/C23H30ClN3O4/c1-13(2)31-23(30)20-14(3)21(25-15(20)4)22(29)26-18-11-17(24)5-6-19(18)27-9-7-16(12-28)8-10-27/h5-6,11,13,16,25,28H,7-10,12H2,1-4H3,(H,26,29). The zero-order valence-corrected chi connectivity index (χ0v) is 19.2. The Bertz CT molecular complexity index is 962. The summed E-state index contributed by atoms with van der Waals surface area (Å²) in [6.07, 6.45) is 1.54. The van der Waals surface area contributed by atoms with Gasteiger partial charge in [0.1, 0.15) is 5.69 Å². The van der Waals surface area contributed by atoms with Gasteiger partial charge in [-0.3, -0.25) is 4.79 Å². The topological polar surface area (TPSA) is 94.7 Å². The van der Waals surface area contributed by atoms with Crippen molar-refractivity contribution in [3.63, 3.8) is 0 Å². The highest BCUT2D eigenvalue weighted by Gasteiger charge is 2.25. The van der Waals surface area contributed by atoms with Gasteiger partial charge in [-0.25, -0.2) is 4.79 Å². The van der Waals surface area contributed by atoms with Crippen LogP contribution in [0.4, 0.5) is 11.4 Å². The normalized spacial score (nSPS) is 14.7. The predicted molar refractivity (Wildman–Crippen MR) is 122 cm³/mol. The van der Waals surface area contributed by atoms with E-state index in [4.69, 9.17) is 16.3 Å². The Kier molecular flexibility index (Phi) is 7.28. The fourth-order valence-corrected chi connectivity index (χ4v) is 4.15. The lowest BCUT2D eigenvalue weighted by atomic mass is 9.97. The number of aryl methyl sites for hydroxylation is 1. The van der Waals surface area contributed by atoms with Crippen LogP contribution in [0.3, 0.4) is 0 Å². The number of carbonyl (C=O) groups excluding carboxylic acids is 2. The molecule has 0 aliphatic carbocycles. The Morgan fingerprint density at radius 2 is 1.97 bits per heavy atom. The Morgan fingerprint density at radius 1 is 1.29 bits per heavy atom. The molecule has 3 rings (SSSR count). The number of ether oxygens (including phenoxy) is 1. The first-order valence-corrected chi connectivity index (χ1v) is 11.0. The second-order valence-corrected chi connectivity index (χ2v) is 8.74. The average molecular weight is 448 g/mol. The molecule has 0 saturated carbocycles. The number of piperidine rings is 1. The van der Waals surface area contributed by atoms with Crippen LogP contribution >= 0.6 is 11.6 Å². The van der Waals surface area contributed by atoms with Crippen molar-refractivity contribution < 1.29 is 19.4 Å². The van der Waals surface area contributed by atoms with Gasteiger partial charge in [0, 0.05) is 30.4 Å². The molecule has 2 heterocycles. The Labute approximate surface area is 187 Å². The number of hydrogen-bond acceptors (Lipinski definition) is 5. The fraction of sp³-hybridized carbons (Fsp3) is 0.478. The van der Waals surface area contributed by atoms with E-state index in [9.17, 15) is 14.7 Å². The number of aliphatic hydroxyl groups excluding tert-OH is 1. The Balaban J connectivity index is 1.84. The maximum Gasteiger partial charge on any atom is 0.340 e. The molecule has 1 amide bonds. The van der Waals surface area contributed by atoms with Gasteiger partial charge in [-0.05, 0) is 70.2 Å². The first-order valence-electron chi connectivity index (χ1n) is 10.6. The summed E-state index contributed by atoms with van der Waals surface area (Å²) in [5, 5.41) is 12.9. The third-order valence-corrected chi connectivity index (χ3v) is 5.87. The van der Waals surface area contributed by atoms with E-state index < -0.39 is 5.97 Å². The molecule has 0 atom stereocenters. The van der Waals surface area contributed by atoms with Crippen LogP contribution in [0.2, 0.25) is 5.02 Å². The minimum absolute atomic E-state index is 0.199. The van der Waals surface area contributed by atoms with E-state index in [2.05, 4.69) is 15.2 Å². The van der Waals surface area contributed by atoms with Crippen molar-refractivity contribution in [1.29, 1.82) is 0 Å². The van der Waals surface area contributed by atoms with Gasteiger partial charge in [-0.2, -0.15) is 0 Å². The molecule has 31 heavy (non-hydrogen) atoms. The number of nitrogens with zero attached hydrogens (tertiary/aromatic N) is 1. The summed E-state index contributed by atoms with van der Waals surface area (Å²) in [5.74, 6) is -0.483. The number of aromatic nitrogens is 1. The number of aromatic amines is 1. The van der Waals surface area contributed by atoms with Gasteiger partial charge in [-0.1, -0.05) is 11.6 Å². The van der Waals surface area contributed by atoms with Crippen LogP contribution in [-0.4, -0.2) is 47.8 Å². The second-order valence-electron chi connectivity index (χ2n) is 8.31. The van der Waals surface area contributed by atoms with Gasteiger partial charge < -0.3 is 25.0 Å². The number of rotatable bonds is 6. The van der Waals surface area contributed by atoms with Gasteiger partial charge in [0.2, 0.25) is 0 Å². The highest BCUT2D eigenvalue weighted by atomic mass is 35.5. The molecule has 3 N–H and O–H groups in total. The van der Waals surface area contributed by atoms with Crippen LogP contribution < -0.4 is 10.2 Å². The monoisotopic (exact) mass is 447 g/mol. The van der Waals surface area contributed by atoms with Crippen LogP contribution in [-0.2, 0) is 4.74 Å². The smallest absolute Gasteiger partial charge is 0.340 e. The molecular formula is C23H30ClN3O4. The highest BCUT2D eigenvalue weighted by molar-refractivity contribution is 6.31. The molecule has 0 unspecified atom stereocenters. The first kappa shape index (κ1) is 23.2. The van der Waals surface area contributed by atoms with Crippen LogP contribution in [0.15, 0.2) is 18.2 Å². The zero-order valence-electron chi connectivity index (χ0n) is 18.4. The number of benzene rings is 1. The highest BCUT2D eigenvalue weighted by Crippen LogP contribution is 2.33. The minimum Gasteiger partial charge on any atom is -0.459 e. The predicted octanol–water partition coefficient (Wildman–Crippen LogP) is 4.31. The summed E-state index contributed by atoms with van der Waals surface area (Å²) in [6.45, 7) is 8.83. The molecule has 1 saturated heterocycles. The Hall–Kier alpha value is -2.51. The molecule has 8 heteroatoms. The summed E-state index contributed by atoms with van der Waals surface area (Å²) in [7, 11) is 0. The summed E-state index contributed by atoms with van der Waals surface area (Å²) in [6, 6.07) is 5.43. The van der Waals surface area contributed by atoms with E-state index in [1.807, 2.05) is 6.07 Å². The van der Waals surface area contributed by atoms with Gasteiger partial charge >= 0.3 is 5.97 Å². The fourth-order valence-electron chi connectivity index (χ4n) is 3.98. The minimum atomic E-state index is -0.449. The van der Waals surface area contributed by atoms with Crippen molar-refractivity contribution in [2.75, 3.05) is 29.9 Å². The molecule has 1 aromatic carbocycles. The maximum atomic E-state index is 13.1. The SMILES string of the molecule is Cc1[nH]c(C(=O)Nc2cc(Cl)ccc2N2CCC(CO)CC2)c(C)c1C(=O)OC(C)C. The van der Waals surface area contributed by atoms with Crippen LogP contribution in [0.5, 0.6) is 0 Å². The Morgan fingerprint density at radius 3 is 2.58 bits per heavy atom. The molecule has 168 valence electrons. The number of carbonyl (C=O) groups is 2. The lowest BCUT2D eigenvalue weighted by molar-refractivity contribution is 0.0376. The van der Waals surface area contributed by atoms with E-state index >= 15 is 0 Å².